The Kier molecular flexibility index (Phi) is 7.93. The molecule has 0 atom stereocenters. The molecule has 3 aromatic carbocycles. The van der Waals surface area contributed by atoms with Crippen LogP contribution < -0.4 is 16.0 Å². The van der Waals surface area contributed by atoms with Crippen molar-refractivity contribution in [1.29, 1.82) is 0 Å². The molecule has 174 valence electrons. The number of amides is 2. The van der Waals surface area contributed by atoms with E-state index < -0.39 is 23.4 Å². The number of nitrogens with two attached hydrogens (primary N) is 1. The minimum Gasteiger partial charge on any atom is -0.375 e. The number of aromatic nitrogens is 1. The Bertz CT molecular complexity index is 1280. The van der Waals surface area contributed by atoms with Crippen LogP contribution in [0, 0.1) is 11.6 Å². The van der Waals surface area contributed by atoms with Gasteiger partial charge in [0.1, 0.15) is 18.2 Å². The van der Waals surface area contributed by atoms with Crippen molar-refractivity contribution >= 4 is 52.1 Å². The van der Waals surface area contributed by atoms with Crippen LogP contribution in [0.5, 0.6) is 0 Å². The molecule has 2 amide bonds. The summed E-state index contributed by atoms with van der Waals surface area (Å²) in [5, 5.41) is 5.05. The van der Waals surface area contributed by atoms with E-state index in [0.29, 0.717) is 16.5 Å². The van der Waals surface area contributed by atoms with Gasteiger partial charge in [0.2, 0.25) is 5.91 Å². The summed E-state index contributed by atoms with van der Waals surface area (Å²) in [6.07, 6.45) is 0. The lowest BCUT2D eigenvalue weighted by molar-refractivity contribution is -0.114. The fourth-order valence-corrected chi connectivity index (χ4v) is 3.71. The lowest BCUT2D eigenvalue weighted by Crippen LogP contribution is -2.38. The first-order valence-corrected chi connectivity index (χ1v) is 10.7. The number of rotatable bonds is 6. The minimum atomic E-state index is -0.520. The Morgan fingerprint density at radius 3 is 2.06 bits per heavy atom. The molecule has 4 aromatic rings. The van der Waals surface area contributed by atoms with Crippen LogP contribution in [0.2, 0.25) is 0 Å². The Morgan fingerprint density at radius 1 is 0.912 bits per heavy atom. The average Bonchev–Trinajstić information content (AvgIpc) is 3.25. The van der Waals surface area contributed by atoms with Gasteiger partial charge in [-0.25, -0.2) is 13.8 Å². The molecule has 0 saturated heterocycles. The molecular weight excluding hydrogens is 482 g/mol. The molecular formula is C24H19ClF2N4O2S. The summed E-state index contributed by atoms with van der Waals surface area (Å²) in [5.74, 6) is -1.94. The van der Waals surface area contributed by atoms with Gasteiger partial charge < -0.3 is 11.1 Å². The third kappa shape index (κ3) is 5.94. The molecule has 34 heavy (non-hydrogen) atoms. The second-order valence-corrected chi connectivity index (χ2v) is 7.96. The van der Waals surface area contributed by atoms with E-state index in [4.69, 9.17) is 5.73 Å². The monoisotopic (exact) mass is 500 g/mol. The molecule has 1 aromatic heterocycles. The van der Waals surface area contributed by atoms with Gasteiger partial charge in [0.25, 0.3) is 5.91 Å². The van der Waals surface area contributed by atoms with Gasteiger partial charge in [-0.3, -0.25) is 14.5 Å². The lowest BCUT2D eigenvalue weighted by Gasteiger charge is -2.22. The normalized spacial score (nSPS) is 10.3. The number of nitrogens with zero attached hydrogens (tertiary/aromatic N) is 2. The van der Waals surface area contributed by atoms with E-state index in [2.05, 4.69) is 10.3 Å². The van der Waals surface area contributed by atoms with E-state index in [9.17, 15) is 18.4 Å². The molecule has 10 heteroatoms. The standard InChI is InChI=1S/C24H18F2N4O2S.ClH/c25-17-5-1-16(2-6-17)23(32)30(20-11-7-18(26)8-12-20)13-22(31)28-19-9-3-15(4-10-19)21-14-33-24(27)29-21;/h1-12,14H,13H2,(H2,27,29)(H,28,31);1H. The van der Waals surface area contributed by atoms with Crippen molar-refractivity contribution in [1.82, 2.24) is 4.98 Å². The average molecular weight is 501 g/mol. The molecule has 4 rings (SSSR count). The number of anilines is 3. The van der Waals surface area contributed by atoms with Gasteiger partial charge in [0.05, 0.1) is 5.69 Å². The Hall–Kier alpha value is -3.82. The van der Waals surface area contributed by atoms with E-state index in [1.165, 1.54) is 52.6 Å². The zero-order chi connectivity index (χ0) is 23.4. The SMILES string of the molecule is Cl.Nc1nc(-c2ccc(NC(=O)CN(C(=O)c3ccc(F)cc3)c3ccc(F)cc3)cc2)cs1. The molecule has 0 radical (unpaired) electrons. The Balaban J connectivity index is 0.00000324. The van der Waals surface area contributed by atoms with Crippen LogP contribution in [0.3, 0.4) is 0 Å². The minimum absolute atomic E-state index is 0. The van der Waals surface area contributed by atoms with Gasteiger partial charge in [0, 0.05) is 27.9 Å². The van der Waals surface area contributed by atoms with Crippen LogP contribution in [0.15, 0.2) is 78.2 Å². The van der Waals surface area contributed by atoms with Crippen LogP contribution in [-0.2, 0) is 4.79 Å². The number of hydrogen-bond acceptors (Lipinski definition) is 5. The van der Waals surface area contributed by atoms with Crippen molar-refractivity contribution in [3.63, 3.8) is 0 Å². The highest BCUT2D eigenvalue weighted by Crippen LogP contribution is 2.24. The molecule has 0 fully saturated rings. The number of hydrogen-bond donors (Lipinski definition) is 2. The zero-order valence-corrected chi connectivity index (χ0v) is 19.2. The van der Waals surface area contributed by atoms with Gasteiger partial charge in [-0.15, -0.1) is 23.7 Å². The predicted molar refractivity (Wildman–Crippen MR) is 132 cm³/mol. The maximum atomic E-state index is 13.4. The maximum absolute atomic E-state index is 13.4. The number of nitrogen functional groups attached to an aromatic ring is 1. The van der Waals surface area contributed by atoms with E-state index in [1.54, 1.807) is 24.3 Å². The number of carbonyl (C=O) groups is 2. The smallest absolute Gasteiger partial charge is 0.258 e. The maximum Gasteiger partial charge on any atom is 0.258 e. The fourth-order valence-electron chi connectivity index (χ4n) is 3.14. The first kappa shape index (κ1) is 24.8. The molecule has 3 N–H and O–H groups in total. The lowest BCUT2D eigenvalue weighted by atomic mass is 10.1. The number of halogens is 3. The molecule has 0 unspecified atom stereocenters. The van der Waals surface area contributed by atoms with E-state index in [1.807, 2.05) is 5.38 Å². The first-order chi connectivity index (χ1) is 15.9. The summed E-state index contributed by atoms with van der Waals surface area (Å²) in [4.78, 5) is 31.2. The molecule has 1 heterocycles. The molecule has 0 spiro atoms. The first-order valence-electron chi connectivity index (χ1n) is 9.83. The van der Waals surface area contributed by atoms with Crippen molar-refractivity contribution in [3.05, 3.63) is 95.4 Å². The van der Waals surface area contributed by atoms with Crippen molar-refractivity contribution in [3.8, 4) is 11.3 Å². The summed E-state index contributed by atoms with van der Waals surface area (Å²) in [6.45, 7) is -0.327. The number of nitrogens with one attached hydrogen (secondary N) is 1. The summed E-state index contributed by atoms with van der Waals surface area (Å²) < 4.78 is 26.7. The summed E-state index contributed by atoms with van der Waals surface area (Å²) in [6, 6.07) is 17.2. The highest BCUT2D eigenvalue weighted by Gasteiger charge is 2.21. The highest BCUT2D eigenvalue weighted by atomic mass is 35.5. The van der Waals surface area contributed by atoms with Crippen molar-refractivity contribution in [2.24, 2.45) is 0 Å². The van der Waals surface area contributed by atoms with Crippen LogP contribution in [0.25, 0.3) is 11.3 Å². The zero-order valence-electron chi connectivity index (χ0n) is 17.6. The molecule has 0 saturated carbocycles. The van der Waals surface area contributed by atoms with Gasteiger partial charge in [-0.05, 0) is 60.7 Å². The Labute approximate surface area is 204 Å². The van der Waals surface area contributed by atoms with E-state index >= 15 is 0 Å². The van der Waals surface area contributed by atoms with E-state index in [0.717, 1.165) is 23.4 Å². The van der Waals surface area contributed by atoms with Crippen molar-refractivity contribution in [2.45, 2.75) is 0 Å². The van der Waals surface area contributed by atoms with Crippen LogP contribution in [-0.4, -0.2) is 23.3 Å². The molecule has 0 aliphatic heterocycles. The summed E-state index contributed by atoms with van der Waals surface area (Å²) in [5.41, 5.74) is 8.31. The van der Waals surface area contributed by atoms with E-state index in [-0.39, 0.29) is 24.5 Å². The number of thiazole rings is 1. The largest absolute Gasteiger partial charge is 0.375 e. The predicted octanol–water partition coefficient (Wildman–Crippen LogP) is 5.38. The number of benzene rings is 3. The number of carbonyl (C=O) groups excluding carboxylic acids is 2. The van der Waals surface area contributed by atoms with Crippen molar-refractivity contribution in [2.75, 3.05) is 22.5 Å². The van der Waals surface area contributed by atoms with Gasteiger partial charge >= 0.3 is 0 Å². The van der Waals surface area contributed by atoms with Crippen LogP contribution in [0.1, 0.15) is 10.4 Å². The molecule has 6 nitrogen and oxygen atoms in total. The van der Waals surface area contributed by atoms with Crippen LogP contribution in [0.4, 0.5) is 25.3 Å². The third-order valence-corrected chi connectivity index (χ3v) is 5.44. The second kappa shape index (κ2) is 10.9. The van der Waals surface area contributed by atoms with Gasteiger partial charge in [-0.1, -0.05) is 12.1 Å². The van der Waals surface area contributed by atoms with Gasteiger partial charge in [0.15, 0.2) is 5.13 Å². The van der Waals surface area contributed by atoms with Gasteiger partial charge in [-0.2, -0.15) is 0 Å². The topological polar surface area (TPSA) is 88.3 Å². The summed E-state index contributed by atoms with van der Waals surface area (Å²) >= 11 is 1.34. The Morgan fingerprint density at radius 2 is 1.50 bits per heavy atom. The summed E-state index contributed by atoms with van der Waals surface area (Å²) in [7, 11) is 0. The third-order valence-electron chi connectivity index (χ3n) is 4.76. The quantitative estimate of drug-likeness (QED) is 0.372. The molecule has 0 bridgehead atoms. The fraction of sp³-hybridized carbons (Fsp3) is 0.0417. The van der Waals surface area contributed by atoms with Crippen LogP contribution >= 0.6 is 23.7 Å². The second-order valence-electron chi connectivity index (χ2n) is 7.07. The molecule has 0 aliphatic carbocycles. The molecule has 0 aliphatic rings. The van der Waals surface area contributed by atoms with Crippen molar-refractivity contribution < 1.29 is 18.4 Å². The highest BCUT2D eigenvalue weighted by molar-refractivity contribution is 7.13.